The standard InChI is InChI=1S/C19H16BrN3OS/c1-13(22)17(11-21)19(23-16-5-3-2-4-6-16)25-12-18(24)14-7-9-15(20)10-8-14/h2-10H,12,22H2,1H3/p+1. The van der Waals surface area contributed by atoms with Crippen molar-refractivity contribution in [3.63, 3.8) is 0 Å². The summed E-state index contributed by atoms with van der Waals surface area (Å²) >= 11 is 4.62. The highest BCUT2D eigenvalue weighted by molar-refractivity contribution is 9.10. The van der Waals surface area contributed by atoms with Crippen LogP contribution in [0.15, 0.2) is 70.3 Å². The average molecular weight is 415 g/mol. The number of ketones is 1. The summed E-state index contributed by atoms with van der Waals surface area (Å²) in [5.74, 6) is 0.187. The van der Waals surface area contributed by atoms with Gasteiger partial charge in [0, 0.05) is 27.9 Å². The summed E-state index contributed by atoms with van der Waals surface area (Å²) in [4.78, 5) is 15.6. The van der Waals surface area contributed by atoms with Crippen LogP contribution in [0.3, 0.4) is 0 Å². The molecule has 0 radical (unpaired) electrons. The van der Waals surface area contributed by atoms with E-state index in [-0.39, 0.29) is 11.5 Å². The predicted octanol–water partition coefficient (Wildman–Crippen LogP) is 2.93. The number of Topliss-reactive ketones (excluding diaryl/α,β-unsaturated/α-hetero) is 1. The third kappa shape index (κ3) is 5.59. The van der Waals surface area contributed by atoms with Crippen LogP contribution in [0, 0.1) is 11.3 Å². The molecule has 0 fully saturated rings. The number of carbonyl (C=O) groups excluding carboxylic acids is 1. The van der Waals surface area contributed by atoms with E-state index in [1.807, 2.05) is 42.5 Å². The zero-order valence-electron chi connectivity index (χ0n) is 13.6. The van der Waals surface area contributed by atoms with Crippen molar-refractivity contribution in [2.75, 3.05) is 5.75 Å². The maximum Gasteiger partial charge on any atom is 0.259 e. The number of benzene rings is 2. The molecule has 2 aromatic carbocycles. The SMILES string of the molecule is CC(N)=C(C#N)C(=[NH+]c1ccccc1)SCC(=O)c1ccc(Br)cc1. The van der Waals surface area contributed by atoms with Gasteiger partial charge in [-0.1, -0.05) is 46.3 Å². The molecular formula is C19H17BrN3OS+. The van der Waals surface area contributed by atoms with Gasteiger partial charge in [0.2, 0.25) is 5.69 Å². The summed E-state index contributed by atoms with van der Waals surface area (Å²) in [6.45, 7) is 1.67. The molecule has 0 heterocycles. The first-order valence-corrected chi connectivity index (χ1v) is 9.26. The maximum absolute atomic E-state index is 12.4. The Hall–Kier alpha value is -2.36. The van der Waals surface area contributed by atoms with Crippen molar-refractivity contribution < 1.29 is 9.79 Å². The van der Waals surface area contributed by atoms with Crippen molar-refractivity contribution in [2.24, 2.45) is 5.73 Å². The van der Waals surface area contributed by atoms with E-state index in [1.165, 1.54) is 11.8 Å². The van der Waals surface area contributed by atoms with Crippen LogP contribution in [0.1, 0.15) is 17.3 Å². The molecule has 0 bridgehead atoms. The minimum absolute atomic E-state index is 0.0168. The van der Waals surface area contributed by atoms with Gasteiger partial charge in [-0.3, -0.25) is 4.79 Å². The van der Waals surface area contributed by atoms with E-state index in [2.05, 4.69) is 27.0 Å². The first-order valence-electron chi connectivity index (χ1n) is 7.48. The molecule has 0 spiro atoms. The van der Waals surface area contributed by atoms with Gasteiger partial charge in [-0.15, -0.1) is 0 Å². The molecule has 0 aliphatic rings. The third-order valence-corrected chi connectivity index (χ3v) is 4.81. The Morgan fingerprint density at radius 2 is 1.84 bits per heavy atom. The van der Waals surface area contributed by atoms with Gasteiger partial charge in [0.1, 0.15) is 11.6 Å². The molecule has 0 saturated heterocycles. The maximum atomic E-state index is 12.4. The second-order valence-corrected chi connectivity index (χ2v) is 7.11. The van der Waals surface area contributed by atoms with Gasteiger partial charge in [-0.2, -0.15) is 10.3 Å². The topological polar surface area (TPSA) is 80.8 Å². The first-order chi connectivity index (χ1) is 12.0. The second kappa shape index (κ2) is 9.21. The number of thioether (sulfide) groups is 1. The van der Waals surface area contributed by atoms with Gasteiger partial charge < -0.3 is 5.73 Å². The quantitative estimate of drug-likeness (QED) is 0.341. The van der Waals surface area contributed by atoms with E-state index < -0.39 is 0 Å². The van der Waals surface area contributed by atoms with E-state index in [4.69, 9.17) is 5.73 Å². The summed E-state index contributed by atoms with van der Waals surface area (Å²) < 4.78 is 0.920. The fourth-order valence-electron chi connectivity index (χ4n) is 2.00. The monoisotopic (exact) mass is 414 g/mol. The van der Waals surface area contributed by atoms with E-state index >= 15 is 0 Å². The minimum Gasteiger partial charge on any atom is -0.401 e. The van der Waals surface area contributed by atoms with Gasteiger partial charge in [-0.25, -0.2) is 0 Å². The molecule has 25 heavy (non-hydrogen) atoms. The van der Waals surface area contributed by atoms with Crippen LogP contribution in [0.2, 0.25) is 0 Å². The van der Waals surface area contributed by atoms with Crippen LogP contribution >= 0.6 is 27.7 Å². The van der Waals surface area contributed by atoms with E-state index in [0.717, 1.165) is 10.2 Å². The Balaban J connectivity index is 2.24. The number of nitrogens with zero attached hydrogens (tertiary/aromatic N) is 1. The van der Waals surface area contributed by atoms with Crippen LogP contribution in [0.5, 0.6) is 0 Å². The molecule has 3 N–H and O–H groups in total. The Labute approximate surface area is 159 Å². The lowest BCUT2D eigenvalue weighted by molar-refractivity contribution is -0.349. The molecule has 0 aliphatic heterocycles. The van der Waals surface area contributed by atoms with Crippen LogP contribution in [0.4, 0.5) is 5.69 Å². The molecule has 2 aromatic rings. The van der Waals surface area contributed by atoms with Gasteiger partial charge in [0.25, 0.3) is 5.04 Å². The van der Waals surface area contributed by atoms with Crippen molar-refractivity contribution in [3.8, 4) is 6.07 Å². The van der Waals surface area contributed by atoms with Crippen molar-refractivity contribution in [1.82, 2.24) is 0 Å². The zero-order valence-corrected chi connectivity index (χ0v) is 16.0. The normalized spacial score (nSPS) is 12.3. The number of carbonyl (C=O) groups is 1. The molecule has 126 valence electrons. The Bertz CT molecular complexity index is 848. The van der Waals surface area contributed by atoms with Gasteiger partial charge in [-0.05, 0) is 30.8 Å². The van der Waals surface area contributed by atoms with E-state index in [0.29, 0.717) is 21.9 Å². The number of allylic oxidation sites excluding steroid dienone is 1. The van der Waals surface area contributed by atoms with Crippen molar-refractivity contribution >= 4 is 44.2 Å². The minimum atomic E-state index is -0.0168. The number of nitrogens with two attached hydrogens (primary N) is 1. The number of rotatable bonds is 5. The second-order valence-electron chi connectivity index (χ2n) is 5.21. The number of hydrogen-bond acceptors (Lipinski definition) is 4. The van der Waals surface area contributed by atoms with Crippen LogP contribution < -0.4 is 10.7 Å². The smallest absolute Gasteiger partial charge is 0.259 e. The average Bonchev–Trinajstić information content (AvgIpc) is 2.61. The lowest BCUT2D eigenvalue weighted by atomic mass is 10.2. The van der Waals surface area contributed by atoms with Gasteiger partial charge in [0.15, 0.2) is 5.78 Å². The fourth-order valence-corrected chi connectivity index (χ4v) is 3.25. The summed E-state index contributed by atoms with van der Waals surface area (Å²) in [5, 5.41) is 9.97. The zero-order chi connectivity index (χ0) is 18.2. The van der Waals surface area contributed by atoms with Crippen LogP contribution in [-0.4, -0.2) is 16.6 Å². The van der Waals surface area contributed by atoms with Crippen LogP contribution in [-0.2, 0) is 0 Å². The highest BCUT2D eigenvalue weighted by Crippen LogP contribution is 2.16. The molecule has 0 aliphatic carbocycles. The predicted molar refractivity (Wildman–Crippen MR) is 106 cm³/mol. The molecule has 0 saturated carbocycles. The van der Waals surface area contributed by atoms with Crippen molar-refractivity contribution in [3.05, 3.63) is 75.9 Å². The van der Waals surface area contributed by atoms with E-state index in [1.54, 1.807) is 19.1 Å². The molecular weight excluding hydrogens is 398 g/mol. The molecule has 0 atom stereocenters. The Morgan fingerprint density at radius 3 is 2.40 bits per heavy atom. The van der Waals surface area contributed by atoms with Crippen molar-refractivity contribution in [2.45, 2.75) is 6.92 Å². The van der Waals surface area contributed by atoms with Crippen LogP contribution in [0.25, 0.3) is 0 Å². The summed E-state index contributed by atoms with van der Waals surface area (Å²) in [6, 6.07) is 18.8. The highest BCUT2D eigenvalue weighted by Gasteiger charge is 2.19. The molecule has 6 heteroatoms. The largest absolute Gasteiger partial charge is 0.401 e. The third-order valence-electron chi connectivity index (χ3n) is 3.28. The highest BCUT2D eigenvalue weighted by atomic mass is 79.9. The summed E-state index contributed by atoms with van der Waals surface area (Å²) in [6.07, 6.45) is 0. The lowest BCUT2D eigenvalue weighted by Gasteiger charge is -2.03. The molecule has 0 unspecified atom stereocenters. The Morgan fingerprint density at radius 1 is 1.20 bits per heavy atom. The number of nitriles is 1. The first kappa shape index (κ1) is 19.0. The van der Waals surface area contributed by atoms with E-state index in [9.17, 15) is 10.1 Å². The number of hydrogen-bond donors (Lipinski definition) is 2. The summed E-state index contributed by atoms with van der Waals surface area (Å²) in [7, 11) is 0. The number of halogens is 1. The lowest BCUT2D eigenvalue weighted by Crippen LogP contribution is -2.66. The molecule has 4 nitrogen and oxygen atoms in total. The van der Waals surface area contributed by atoms with Gasteiger partial charge >= 0.3 is 0 Å². The summed E-state index contributed by atoms with van der Waals surface area (Å²) in [5.41, 5.74) is 8.04. The fraction of sp³-hybridized carbons (Fsp3) is 0.105. The molecule has 2 rings (SSSR count). The number of nitrogens with one attached hydrogen (secondary N) is 1. The Kier molecular flexibility index (Phi) is 6.99. The molecule has 0 aromatic heterocycles. The van der Waals surface area contributed by atoms with Crippen molar-refractivity contribution in [1.29, 1.82) is 5.26 Å². The van der Waals surface area contributed by atoms with Gasteiger partial charge in [0.05, 0.1) is 5.75 Å². The molecule has 0 amide bonds. The number of para-hydroxylation sites is 1.